The zero-order chi connectivity index (χ0) is 20.0. The van der Waals surface area contributed by atoms with Crippen molar-refractivity contribution in [3.63, 3.8) is 0 Å². The van der Waals surface area contributed by atoms with Gasteiger partial charge in [-0.1, -0.05) is 0 Å². The molecule has 1 aromatic heterocycles. The summed E-state index contributed by atoms with van der Waals surface area (Å²) in [5.41, 5.74) is 6.07. The molecule has 0 saturated carbocycles. The number of carbonyl (C=O) groups is 2. The third-order valence-corrected chi connectivity index (χ3v) is 5.08. The number of aryl methyl sites for hydroxylation is 1. The van der Waals surface area contributed by atoms with Crippen molar-refractivity contribution in [2.24, 2.45) is 18.7 Å². The number of rotatable bonds is 7. The van der Waals surface area contributed by atoms with E-state index < -0.39 is 24.0 Å². The molecule has 1 amide bonds. The van der Waals surface area contributed by atoms with Crippen LogP contribution < -0.4 is 16.6 Å². The number of hydrogen-bond acceptors (Lipinski definition) is 7. The van der Waals surface area contributed by atoms with Crippen molar-refractivity contribution < 1.29 is 14.3 Å². The largest absolute Gasteiger partial charge is 0.467 e. The average molecular weight is 436 g/mol. The molecule has 9 nitrogen and oxygen atoms in total. The van der Waals surface area contributed by atoms with E-state index in [4.69, 9.17) is 22.1 Å². The van der Waals surface area contributed by atoms with Crippen LogP contribution in [0.1, 0.15) is 24.6 Å². The summed E-state index contributed by atoms with van der Waals surface area (Å²) in [6, 6.07) is 1.46. The molecule has 3 N–H and O–H groups in total. The number of aromatic nitrogens is 2. The molecule has 0 aliphatic carbocycles. The van der Waals surface area contributed by atoms with Gasteiger partial charge in [-0.3, -0.25) is 9.59 Å². The summed E-state index contributed by atoms with van der Waals surface area (Å²) in [5, 5.41) is 7.62. The highest BCUT2D eigenvalue weighted by atomic mass is 35.5. The normalized spacial score (nSPS) is 16.6. The Morgan fingerprint density at radius 2 is 2.07 bits per heavy atom. The first-order valence-electron chi connectivity index (χ1n) is 8.84. The van der Waals surface area contributed by atoms with Gasteiger partial charge in [0, 0.05) is 19.7 Å². The number of ether oxygens (including phenoxy) is 1. The fourth-order valence-electron chi connectivity index (χ4n) is 3.50. The lowest BCUT2D eigenvalue weighted by molar-refractivity contribution is -0.155. The highest BCUT2D eigenvalue weighted by molar-refractivity contribution is 6.27. The molecule has 2 unspecified atom stereocenters. The number of carbonyl (C=O) groups excluding carboxylic acids is 2. The van der Waals surface area contributed by atoms with Gasteiger partial charge < -0.3 is 20.7 Å². The number of nitrogens with two attached hydrogens (primary N) is 1. The van der Waals surface area contributed by atoms with Gasteiger partial charge in [0.05, 0.1) is 18.8 Å². The monoisotopic (exact) mass is 435 g/mol. The summed E-state index contributed by atoms with van der Waals surface area (Å²) in [6.45, 7) is 1.45. The molecule has 1 aliphatic rings. The molecule has 2 rings (SSSR count). The standard InChI is InChI=1S/C17H26ClN5O4.ClH/c1-22-14(24)4-3-12(21-22)16(11-5-7-20-8-6-11)23(15(25)9-18)13(10-19)17(26)27-2;/h3-4,11,13,16,20H,5-10,19H2,1-2H3;1H. The molecule has 0 radical (unpaired) electrons. The minimum Gasteiger partial charge on any atom is -0.467 e. The number of halogens is 2. The number of methoxy groups -OCH3 is 1. The second kappa shape index (κ2) is 11.4. The van der Waals surface area contributed by atoms with Gasteiger partial charge in [-0.25, -0.2) is 9.48 Å². The number of hydrogen-bond donors (Lipinski definition) is 2. The Kier molecular flexibility index (Phi) is 9.88. The summed E-state index contributed by atoms with van der Waals surface area (Å²) >= 11 is 5.85. The van der Waals surface area contributed by atoms with E-state index in [0.29, 0.717) is 5.69 Å². The molecule has 2 atom stereocenters. The Morgan fingerprint density at radius 3 is 2.57 bits per heavy atom. The first kappa shape index (κ1) is 24.4. The first-order valence-corrected chi connectivity index (χ1v) is 9.38. The summed E-state index contributed by atoms with van der Waals surface area (Å²) in [7, 11) is 2.79. The van der Waals surface area contributed by atoms with Crippen LogP contribution >= 0.6 is 24.0 Å². The number of nitrogens with one attached hydrogen (secondary N) is 1. The molecule has 1 fully saturated rings. The molecule has 0 bridgehead atoms. The van der Waals surface area contributed by atoms with Crippen LogP contribution in [-0.4, -0.2) is 65.2 Å². The fraction of sp³-hybridized carbons (Fsp3) is 0.647. The van der Waals surface area contributed by atoms with Crippen LogP contribution in [0.15, 0.2) is 16.9 Å². The second-order valence-electron chi connectivity index (χ2n) is 6.46. The Morgan fingerprint density at radius 1 is 1.43 bits per heavy atom. The van der Waals surface area contributed by atoms with Crippen molar-refractivity contribution in [2.45, 2.75) is 24.9 Å². The lowest BCUT2D eigenvalue weighted by Crippen LogP contribution is -2.54. The van der Waals surface area contributed by atoms with E-state index in [1.807, 2.05) is 0 Å². The molecule has 1 aliphatic heterocycles. The second-order valence-corrected chi connectivity index (χ2v) is 6.73. The summed E-state index contributed by atoms with van der Waals surface area (Å²) in [4.78, 5) is 38.2. The van der Waals surface area contributed by atoms with Gasteiger partial charge in [0.25, 0.3) is 5.56 Å². The molecule has 0 spiro atoms. The molecule has 2 heterocycles. The van der Waals surface area contributed by atoms with E-state index in [1.54, 1.807) is 13.1 Å². The quantitative estimate of drug-likeness (QED) is 0.449. The minimum atomic E-state index is -0.986. The number of amides is 1. The maximum atomic E-state index is 12.8. The van der Waals surface area contributed by atoms with Crippen molar-refractivity contribution in [1.82, 2.24) is 20.0 Å². The SMILES string of the molecule is COC(=O)C(CN)N(C(=O)CCl)C(c1ccc(=O)n(C)n1)C1CCNCC1.Cl. The summed E-state index contributed by atoms with van der Waals surface area (Å²) < 4.78 is 6.06. The summed E-state index contributed by atoms with van der Waals surface area (Å²) in [5.74, 6) is -1.32. The van der Waals surface area contributed by atoms with E-state index in [2.05, 4.69) is 10.4 Å². The van der Waals surface area contributed by atoms with E-state index in [-0.39, 0.29) is 36.3 Å². The smallest absolute Gasteiger partial charge is 0.329 e. The van der Waals surface area contributed by atoms with Gasteiger partial charge in [-0.2, -0.15) is 5.10 Å². The molecule has 158 valence electrons. The van der Waals surface area contributed by atoms with Crippen LogP contribution in [0.2, 0.25) is 0 Å². The van der Waals surface area contributed by atoms with Gasteiger partial charge in [0.15, 0.2) is 0 Å². The Labute approximate surface area is 174 Å². The molecule has 28 heavy (non-hydrogen) atoms. The molecule has 1 saturated heterocycles. The topological polar surface area (TPSA) is 120 Å². The number of piperidine rings is 1. The van der Waals surface area contributed by atoms with Crippen molar-refractivity contribution in [2.75, 3.05) is 32.6 Å². The minimum absolute atomic E-state index is 0. The number of nitrogens with zero attached hydrogens (tertiary/aromatic N) is 3. The Hall–Kier alpha value is -1.68. The van der Waals surface area contributed by atoms with Crippen LogP contribution in [0.3, 0.4) is 0 Å². The highest BCUT2D eigenvalue weighted by Crippen LogP contribution is 2.34. The van der Waals surface area contributed by atoms with Crippen molar-refractivity contribution >= 4 is 35.9 Å². The zero-order valence-electron chi connectivity index (χ0n) is 16.0. The average Bonchev–Trinajstić information content (AvgIpc) is 2.70. The summed E-state index contributed by atoms with van der Waals surface area (Å²) in [6.07, 6.45) is 1.55. The van der Waals surface area contributed by atoms with Gasteiger partial charge >= 0.3 is 5.97 Å². The van der Waals surface area contributed by atoms with E-state index in [9.17, 15) is 14.4 Å². The highest BCUT2D eigenvalue weighted by Gasteiger charge is 2.40. The van der Waals surface area contributed by atoms with Gasteiger partial charge in [0.1, 0.15) is 11.9 Å². The van der Waals surface area contributed by atoms with Crippen LogP contribution in [0, 0.1) is 5.92 Å². The van der Waals surface area contributed by atoms with Gasteiger partial charge in [0.2, 0.25) is 5.91 Å². The van der Waals surface area contributed by atoms with E-state index in [1.165, 1.54) is 22.8 Å². The van der Waals surface area contributed by atoms with Crippen molar-refractivity contribution in [3.8, 4) is 0 Å². The molecular formula is C17H27Cl2N5O4. The van der Waals surface area contributed by atoms with E-state index >= 15 is 0 Å². The number of esters is 1. The van der Waals surface area contributed by atoms with Crippen LogP contribution in [0.25, 0.3) is 0 Å². The lowest BCUT2D eigenvalue weighted by atomic mass is 9.86. The lowest BCUT2D eigenvalue weighted by Gasteiger charge is -2.41. The maximum Gasteiger partial charge on any atom is 0.329 e. The zero-order valence-corrected chi connectivity index (χ0v) is 17.5. The van der Waals surface area contributed by atoms with Crippen LogP contribution in [0.4, 0.5) is 0 Å². The van der Waals surface area contributed by atoms with Crippen molar-refractivity contribution in [1.29, 1.82) is 0 Å². The number of alkyl halides is 1. The molecule has 11 heteroatoms. The van der Waals surface area contributed by atoms with Crippen LogP contribution in [0.5, 0.6) is 0 Å². The molecule has 0 aromatic carbocycles. The third-order valence-electron chi connectivity index (χ3n) is 4.85. The fourth-order valence-corrected chi connectivity index (χ4v) is 3.64. The Bertz CT molecular complexity index is 724. The van der Waals surface area contributed by atoms with E-state index in [0.717, 1.165) is 25.9 Å². The first-order chi connectivity index (χ1) is 12.9. The van der Waals surface area contributed by atoms with Gasteiger partial charge in [-0.05, 0) is 37.9 Å². The molecule has 1 aromatic rings. The van der Waals surface area contributed by atoms with Crippen LogP contribution in [-0.2, 0) is 21.4 Å². The predicted molar refractivity (Wildman–Crippen MR) is 107 cm³/mol. The molecular weight excluding hydrogens is 409 g/mol. The van der Waals surface area contributed by atoms with Gasteiger partial charge in [-0.15, -0.1) is 24.0 Å². The van der Waals surface area contributed by atoms with Crippen molar-refractivity contribution in [3.05, 3.63) is 28.2 Å². The third kappa shape index (κ3) is 5.44. The Balaban J connectivity index is 0.00000392. The maximum absolute atomic E-state index is 12.8. The predicted octanol–water partition coefficient (Wildman–Crippen LogP) is -0.189.